The van der Waals surface area contributed by atoms with Gasteiger partial charge in [0, 0.05) is 13.1 Å². The van der Waals surface area contributed by atoms with Crippen molar-refractivity contribution in [2.24, 2.45) is 11.1 Å². The lowest BCUT2D eigenvalue weighted by atomic mass is 9.77. The molecule has 0 bridgehead atoms. The second-order valence-electron chi connectivity index (χ2n) is 8.40. The Morgan fingerprint density at radius 3 is 2.47 bits per heavy atom. The topological polar surface area (TPSA) is 75.9 Å². The van der Waals surface area contributed by atoms with Crippen LogP contribution < -0.4 is 10.5 Å². The summed E-state index contributed by atoms with van der Waals surface area (Å²) >= 11 is 1.76. The Balaban J connectivity index is 1.25. The molecule has 2 saturated heterocycles. The largest absolute Gasteiger partial charge is 0.411 e. The Kier molecular flexibility index (Phi) is 6.39. The summed E-state index contributed by atoms with van der Waals surface area (Å²) in [6.07, 6.45) is 4.38. The number of amides is 2. The smallest absolute Gasteiger partial charge is 0.409 e. The van der Waals surface area contributed by atoms with Gasteiger partial charge in [-0.15, -0.1) is 0 Å². The van der Waals surface area contributed by atoms with Gasteiger partial charge in [-0.1, -0.05) is 12.1 Å². The van der Waals surface area contributed by atoms with Crippen molar-refractivity contribution in [3.05, 3.63) is 52.2 Å². The predicted molar refractivity (Wildman–Crippen MR) is 117 cm³/mol. The number of hydrogen-bond acceptors (Lipinski definition) is 5. The summed E-state index contributed by atoms with van der Waals surface area (Å²) in [6.45, 7) is 4.56. The van der Waals surface area contributed by atoms with Gasteiger partial charge in [0.1, 0.15) is 5.75 Å². The molecule has 0 radical (unpaired) electrons. The minimum Gasteiger partial charge on any atom is -0.411 e. The Hall–Kier alpha value is -2.38. The number of hydrogen-bond donors (Lipinski definition) is 1. The molecular formula is C23H29N3O3S. The molecule has 0 unspecified atom stereocenters. The number of benzene rings is 1. The third kappa shape index (κ3) is 4.84. The second-order valence-corrected chi connectivity index (χ2v) is 9.18. The SMILES string of the molecule is NC(=O)Oc1ccc(CN2CCC3(CCN(CCCc4ccsc4)CC3)C2=O)cc1. The van der Waals surface area contributed by atoms with Crippen LogP contribution in [0.3, 0.4) is 0 Å². The molecule has 6 nitrogen and oxygen atoms in total. The number of aryl methyl sites for hydroxylation is 1. The summed E-state index contributed by atoms with van der Waals surface area (Å²) in [6, 6.07) is 9.40. The monoisotopic (exact) mass is 427 g/mol. The van der Waals surface area contributed by atoms with E-state index in [2.05, 4.69) is 21.7 Å². The average Bonchev–Trinajstić information content (AvgIpc) is 3.35. The zero-order valence-electron chi connectivity index (χ0n) is 17.2. The highest BCUT2D eigenvalue weighted by molar-refractivity contribution is 7.07. The normalized spacial score (nSPS) is 18.8. The highest BCUT2D eigenvalue weighted by Crippen LogP contribution is 2.42. The first-order chi connectivity index (χ1) is 14.5. The lowest BCUT2D eigenvalue weighted by molar-refractivity contribution is -0.138. The molecule has 30 heavy (non-hydrogen) atoms. The van der Waals surface area contributed by atoms with E-state index in [0.29, 0.717) is 18.2 Å². The maximum absolute atomic E-state index is 13.2. The van der Waals surface area contributed by atoms with Crippen molar-refractivity contribution < 1.29 is 14.3 Å². The predicted octanol–water partition coefficient (Wildman–Crippen LogP) is 3.65. The van der Waals surface area contributed by atoms with E-state index in [1.165, 1.54) is 12.0 Å². The third-order valence-corrected chi connectivity index (χ3v) is 7.18. The van der Waals surface area contributed by atoms with Gasteiger partial charge in [0.05, 0.1) is 5.41 Å². The number of ether oxygens (including phenoxy) is 1. The molecule has 1 aromatic carbocycles. The number of likely N-dealkylation sites (tertiary alicyclic amines) is 2. The van der Waals surface area contributed by atoms with E-state index in [9.17, 15) is 9.59 Å². The second kappa shape index (κ2) is 9.18. The average molecular weight is 428 g/mol. The van der Waals surface area contributed by atoms with Gasteiger partial charge in [-0.25, -0.2) is 4.79 Å². The molecule has 2 amide bonds. The van der Waals surface area contributed by atoms with Crippen LogP contribution in [0.25, 0.3) is 0 Å². The number of thiophene rings is 1. The molecular weight excluding hydrogens is 398 g/mol. The van der Waals surface area contributed by atoms with Crippen LogP contribution in [-0.4, -0.2) is 48.0 Å². The molecule has 160 valence electrons. The lowest BCUT2D eigenvalue weighted by Crippen LogP contribution is -2.44. The van der Waals surface area contributed by atoms with Crippen LogP contribution in [0.5, 0.6) is 5.75 Å². The number of primary amides is 1. The van der Waals surface area contributed by atoms with Crippen LogP contribution in [0.15, 0.2) is 41.1 Å². The van der Waals surface area contributed by atoms with Crippen molar-refractivity contribution >= 4 is 23.3 Å². The maximum Gasteiger partial charge on any atom is 0.409 e. The number of nitrogens with zero attached hydrogens (tertiary/aromatic N) is 2. The Morgan fingerprint density at radius 2 is 1.80 bits per heavy atom. The first kappa shape index (κ1) is 20.9. The van der Waals surface area contributed by atoms with Crippen molar-refractivity contribution in [2.75, 3.05) is 26.2 Å². The molecule has 0 saturated carbocycles. The minimum atomic E-state index is -0.822. The Morgan fingerprint density at radius 1 is 1.07 bits per heavy atom. The Bertz CT molecular complexity index is 858. The van der Waals surface area contributed by atoms with Gasteiger partial charge in [-0.2, -0.15) is 11.3 Å². The lowest BCUT2D eigenvalue weighted by Gasteiger charge is -2.38. The summed E-state index contributed by atoms with van der Waals surface area (Å²) in [5.41, 5.74) is 7.33. The molecule has 2 aliphatic rings. The van der Waals surface area contributed by atoms with Crippen LogP contribution >= 0.6 is 11.3 Å². The first-order valence-corrected chi connectivity index (χ1v) is 11.6. The van der Waals surface area contributed by atoms with E-state index in [4.69, 9.17) is 10.5 Å². The van der Waals surface area contributed by atoms with Gasteiger partial charge in [-0.3, -0.25) is 4.79 Å². The van der Waals surface area contributed by atoms with Crippen molar-refractivity contribution in [1.29, 1.82) is 0 Å². The number of piperidine rings is 1. The van der Waals surface area contributed by atoms with E-state index in [-0.39, 0.29) is 5.41 Å². The molecule has 0 aliphatic carbocycles. The van der Waals surface area contributed by atoms with Crippen molar-refractivity contribution in [1.82, 2.24) is 9.80 Å². The van der Waals surface area contributed by atoms with Gasteiger partial charge >= 0.3 is 6.09 Å². The summed E-state index contributed by atoms with van der Waals surface area (Å²) < 4.78 is 4.86. The van der Waals surface area contributed by atoms with E-state index in [1.54, 1.807) is 23.5 Å². The summed E-state index contributed by atoms with van der Waals surface area (Å²) in [5.74, 6) is 0.722. The van der Waals surface area contributed by atoms with Gasteiger partial charge < -0.3 is 20.3 Å². The maximum atomic E-state index is 13.2. The zero-order chi connectivity index (χ0) is 21.0. The Labute approximate surface area is 181 Å². The highest BCUT2D eigenvalue weighted by Gasteiger charge is 2.47. The van der Waals surface area contributed by atoms with Crippen molar-refractivity contribution in [2.45, 2.75) is 38.6 Å². The number of carbonyl (C=O) groups excluding carboxylic acids is 2. The number of carbonyl (C=O) groups is 2. The van der Waals surface area contributed by atoms with E-state index >= 15 is 0 Å². The molecule has 2 aromatic rings. The van der Waals surface area contributed by atoms with Crippen LogP contribution in [0.4, 0.5) is 4.79 Å². The van der Waals surface area contributed by atoms with Crippen molar-refractivity contribution in [3.8, 4) is 5.75 Å². The summed E-state index contributed by atoms with van der Waals surface area (Å²) in [4.78, 5) is 28.5. The van der Waals surface area contributed by atoms with Crippen LogP contribution in [0, 0.1) is 5.41 Å². The van der Waals surface area contributed by atoms with Gasteiger partial charge in [0.25, 0.3) is 0 Å². The van der Waals surface area contributed by atoms with E-state index < -0.39 is 6.09 Å². The molecule has 7 heteroatoms. The van der Waals surface area contributed by atoms with Gasteiger partial charge in [0.2, 0.25) is 5.91 Å². The molecule has 2 fully saturated rings. The number of nitrogens with two attached hydrogens (primary N) is 1. The first-order valence-electron chi connectivity index (χ1n) is 10.6. The standard InChI is InChI=1S/C23H29N3O3S/c24-22(28)29-20-5-3-18(4-6-20)16-26-14-10-23(21(26)27)8-12-25(13-9-23)11-1-2-19-7-15-30-17-19/h3-7,15,17H,1-2,8-14,16H2,(H2,24,28). The zero-order valence-corrected chi connectivity index (χ0v) is 18.0. The fraction of sp³-hybridized carbons (Fsp3) is 0.478. The molecule has 2 N–H and O–H groups in total. The van der Waals surface area contributed by atoms with Crippen molar-refractivity contribution in [3.63, 3.8) is 0 Å². The molecule has 2 aliphatic heterocycles. The fourth-order valence-corrected chi connectivity index (χ4v) is 5.36. The van der Waals surface area contributed by atoms with Gasteiger partial charge in [0.15, 0.2) is 0 Å². The minimum absolute atomic E-state index is 0.168. The molecule has 3 heterocycles. The fourth-order valence-electron chi connectivity index (χ4n) is 4.65. The third-order valence-electron chi connectivity index (χ3n) is 6.45. The van der Waals surface area contributed by atoms with Crippen LogP contribution in [0.2, 0.25) is 0 Å². The van der Waals surface area contributed by atoms with Crippen LogP contribution in [-0.2, 0) is 17.8 Å². The van der Waals surface area contributed by atoms with E-state index in [1.807, 2.05) is 17.0 Å². The van der Waals surface area contributed by atoms with E-state index in [0.717, 1.165) is 57.4 Å². The molecule has 1 spiro atoms. The number of rotatable bonds is 7. The quantitative estimate of drug-likeness (QED) is 0.732. The van der Waals surface area contributed by atoms with Crippen LogP contribution in [0.1, 0.15) is 36.8 Å². The summed E-state index contributed by atoms with van der Waals surface area (Å²) in [7, 11) is 0. The molecule has 4 rings (SSSR count). The van der Waals surface area contributed by atoms with Gasteiger partial charge in [-0.05, 0) is 91.8 Å². The summed E-state index contributed by atoms with van der Waals surface area (Å²) in [5, 5.41) is 4.37. The molecule has 1 aromatic heterocycles. The molecule has 0 atom stereocenters. The highest BCUT2D eigenvalue weighted by atomic mass is 32.1.